The van der Waals surface area contributed by atoms with Crippen LogP contribution in [0.2, 0.25) is 14.8 Å². The monoisotopic (exact) mass is 353 g/mol. The van der Waals surface area contributed by atoms with Gasteiger partial charge in [0.2, 0.25) is 0 Å². The van der Waals surface area contributed by atoms with E-state index in [1.807, 2.05) is 10.6 Å². The van der Waals surface area contributed by atoms with Gasteiger partial charge in [-0.1, -0.05) is 0 Å². The number of aromatic nitrogens is 3. The first-order chi connectivity index (χ1) is 8.50. The Kier molecular flexibility index (Phi) is 2.80. The summed E-state index contributed by atoms with van der Waals surface area (Å²) < 4.78 is 8.83. The van der Waals surface area contributed by atoms with Crippen molar-refractivity contribution in [2.75, 3.05) is 7.11 Å². The number of hydrogen-bond donors (Lipinski definition) is 0. The third-order valence-corrected chi connectivity index (χ3v) is 8.86. The Morgan fingerprint density at radius 2 is 2.00 bits per heavy atom. The predicted molar refractivity (Wildman–Crippen MR) is 74.5 cm³/mol. The van der Waals surface area contributed by atoms with Gasteiger partial charge in [-0.3, -0.25) is 0 Å². The second kappa shape index (κ2) is 4.11. The van der Waals surface area contributed by atoms with E-state index in [1.54, 1.807) is 7.11 Å². The van der Waals surface area contributed by atoms with Crippen molar-refractivity contribution in [2.24, 2.45) is 0 Å². The van der Waals surface area contributed by atoms with Crippen molar-refractivity contribution in [1.29, 1.82) is 0 Å². The first-order valence-electron chi connectivity index (χ1n) is 6.45. The van der Waals surface area contributed by atoms with Crippen molar-refractivity contribution in [2.45, 2.75) is 33.6 Å². The molecule has 1 aliphatic rings. The maximum absolute atomic E-state index is 5.41. The van der Waals surface area contributed by atoms with E-state index in [9.17, 15) is 0 Å². The Morgan fingerprint density at radius 1 is 1.28 bits per heavy atom. The Hall–Kier alpha value is -0.781. The van der Waals surface area contributed by atoms with Crippen molar-refractivity contribution in [3.05, 3.63) is 18.0 Å². The van der Waals surface area contributed by atoms with Crippen LogP contribution in [0.25, 0.3) is 5.65 Å². The van der Waals surface area contributed by atoms with Crippen LogP contribution in [0.3, 0.4) is 0 Å². The summed E-state index contributed by atoms with van der Waals surface area (Å²) in [5.74, 6) is 2.41. The van der Waals surface area contributed by atoms with Crippen molar-refractivity contribution >= 4 is 27.7 Å². The first kappa shape index (κ1) is 12.3. The van der Waals surface area contributed by atoms with Crippen LogP contribution in [0, 0.1) is 0 Å². The molecule has 0 atom stereocenters. The Labute approximate surface area is 111 Å². The molecule has 1 aliphatic carbocycles. The minimum atomic E-state index is -2.18. The summed E-state index contributed by atoms with van der Waals surface area (Å²) in [6, 6.07) is 4.21. The van der Waals surface area contributed by atoms with Gasteiger partial charge < -0.3 is 0 Å². The molecule has 0 bridgehead atoms. The van der Waals surface area contributed by atoms with E-state index in [0.717, 1.165) is 17.2 Å². The molecule has 2 aromatic rings. The maximum atomic E-state index is 5.41. The van der Waals surface area contributed by atoms with Gasteiger partial charge >= 0.3 is 111 Å². The Bertz CT molecular complexity index is 596. The zero-order valence-corrected chi connectivity index (χ0v) is 14.3. The van der Waals surface area contributed by atoms with Crippen LogP contribution in [0.5, 0.6) is 5.75 Å². The summed E-state index contributed by atoms with van der Waals surface area (Å²) in [6.45, 7) is 0. The van der Waals surface area contributed by atoms with Crippen LogP contribution in [-0.4, -0.2) is 40.1 Å². The Morgan fingerprint density at radius 3 is 2.56 bits per heavy atom. The zero-order valence-electron chi connectivity index (χ0n) is 11.4. The summed E-state index contributed by atoms with van der Waals surface area (Å²) in [5.41, 5.74) is 0.892. The molecule has 5 heteroatoms. The fourth-order valence-corrected chi connectivity index (χ4v) is 6.12. The molecule has 0 radical (unpaired) electrons. The fraction of sp³-hybridized carbons (Fsp3) is 0.538. The van der Waals surface area contributed by atoms with Crippen molar-refractivity contribution in [3.63, 3.8) is 0 Å². The second-order valence-corrected chi connectivity index (χ2v) is 20.3. The molecule has 2 heterocycles. The van der Waals surface area contributed by atoms with E-state index < -0.39 is 18.4 Å². The van der Waals surface area contributed by atoms with Gasteiger partial charge in [-0.2, -0.15) is 0 Å². The number of hydrogen-bond acceptors (Lipinski definition) is 3. The van der Waals surface area contributed by atoms with E-state index in [4.69, 9.17) is 9.84 Å². The molecule has 4 nitrogen and oxygen atoms in total. The van der Waals surface area contributed by atoms with Crippen LogP contribution in [0.15, 0.2) is 12.1 Å². The summed E-state index contributed by atoms with van der Waals surface area (Å²) >= 11 is -2.18. The standard InChI is InChI=1S/C10H10N3O.3CH3.Sn/c1-14-8-3-2-6-13-10(8)11-9(12-13)7-4-5-7;;;;/h2-3,7H,4-5H2,1H3;3*1H3;. The molecule has 3 rings (SSSR count). The summed E-state index contributed by atoms with van der Waals surface area (Å²) in [4.78, 5) is 11.9. The number of fused-ring (bicyclic) bond motifs is 1. The van der Waals surface area contributed by atoms with Gasteiger partial charge in [0.05, 0.1) is 0 Å². The zero-order chi connectivity index (χ0) is 12.9. The molecule has 96 valence electrons. The normalized spacial score (nSPS) is 16.2. The molecule has 0 aliphatic heterocycles. The van der Waals surface area contributed by atoms with Crippen molar-refractivity contribution < 1.29 is 4.74 Å². The second-order valence-electron chi connectivity index (χ2n) is 6.02. The molecule has 0 unspecified atom stereocenters. The van der Waals surface area contributed by atoms with E-state index >= 15 is 0 Å². The quantitative estimate of drug-likeness (QED) is 0.795. The van der Waals surface area contributed by atoms with Crippen LogP contribution < -0.4 is 8.45 Å². The van der Waals surface area contributed by atoms with Gasteiger partial charge in [0.1, 0.15) is 0 Å². The Balaban J connectivity index is 2.25. The molecule has 0 saturated heterocycles. The molecule has 0 spiro atoms. The topological polar surface area (TPSA) is 39.4 Å². The number of ether oxygens (including phenoxy) is 1. The van der Waals surface area contributed by atoms with E-state index in [1.165, 1.54) is 16.6 Å². The molecule has 18 heavy (non-hydrogen) atoms. The minimum absolute atomic E-state index is 0.581. The van der Waals surface area contributed by atoms with Gasteiger partial charge in [-0.15, -0.1) is 0 Å². The van der Waals surface area contributed by atoms with Crippen LogP contribution in [0.1, 0.15) is 24.6 Å². The number of nitrogens with zero attached hydrogens (tertiary/aromatic N) is 3. The molecule has 0 N–H and O–H groups in total. The summed E-state index contributed by atoms with van der Waals surface area (Å²) in [7, 11) is 1.70. The number of methoxy groups -OCH3 is 1. The third-order valence-electron chi connectivity index (χ3n) is 3.40. The molecule has 0 aromatic carbocycles. The molecule has 2 aromatic heterocycles. The van der Waals surface area contributed by atoms with Crippen LogP contribution >= 0.6 is 0 Å². The SMILES string of the molecule is COc1cc[c]([Sn]([CH3])([CH3])[CH3])n2nc(C3CC3)nc12. The number of rotatable bonds is 3. The molecular weight excluding hydrogens is 333 g/mol. The average Bonchev–Trinajstić information content (AvgIpc) is 3.05. The van der Waals surface area contributed by atoms with E-state index in [-0.39, 0.29) is 0 Å². The number of pyridine rings is 1. The van der Waals surface area contributed by atoms with Crippen LogP contribution in [-0.2, 0) is 0 Å². The molecule has 1 fully saturated rings. The van der Waals surface area contributed by atoms with Crippen molar-refractivity contribution in [3.8, 4) is 5.75 Å². The predicted octanol–water partition coefficient (Wildman–Crippen LogP) is 2.16. The summed E-state index contributed by atoms with van der Waals surface area (Å²) in [5, 5.41) is 4.73. The van der Waals surface area contributed by atoms with E-state index in [0.29, 0.717) is 5.92 Å². The van der Waals surface area contributed by atoms with Crippen molar-refractivity contribution in [1.82, 2.24) is 14.6 Å². The van der Waals surface area contributed by atoms with Gasteiger partial charge in [-0.05, 0) is 0 Å². The van der Waals surface area contributed by atoms with Gasteiger partial charge in [0.25, 0.3) is 0 Å². The van der Waals surface area contributed by atoms with Gasteiger partial charge in [-0.25, -0.2) is 0 Å². The van der Waals surface area contributed by atoms with Crippen LogP contribution in [0.4, 0.5) is 0 Å². The first-order valence-corrected chi connectivity index (χ1v) is 16.4. The van der Waals surface area contributed by atoms with Gasteiger partial charge in [0.15, 0.2) is 0 Å². The molecule has 0 amide bonds. The molecule has 1 saturated carbocycles. The fourth-order valence-electron chi connectivity index (χ4n) is 2.20. The molecular formula is C13H19N3OSn. The average molecular weight is 352 g/mol. The third kappa shape index (κ3) is 2.00. The van der Waals surface area contributed by atoms with E-state index in [2.05, 4.69) is 25.9 Å². The van der Waals surface area contributed by atoms with Gasteiger partial charge in [0, 0.05) is 0 Å². The summed E-state index contributed by atoms with van der Waals surface area (Å²) in [6.07, 6.45) is 2.46.